The average Bonchev–Trinajstić information content (AvgIpc) is 3.20. The third-order valence-corrected chi connectivity index (χ3v) is 6.06. The van der Waals surface area contributed by atoms with E-state index in [-0.39, 0.29) is 12.5 Å². The van der Waals surface area contributed by atoms with E-state index in [0.29, 0.717) is 13.2 Å². The van der Waals surface area contributed by atoms with Crippen molar-refractivity contribution >= 4 is 15.9 Å². The van der Waals surface area contributed by atoms with Crippen LogP contribution in [0.2, 0.25) is 0 Å². The summed E-state index contributed by atoms with van der Waals surface area (Å²) >= 11 is 0. The Morgan fingerprint density at radius 1 is 1.14 bits per heavy atom. The molecule has 2 aromatic rings. The molecule has 0 aliphatic carbocycles. The van der Waals surface area contributed by atoms with E-state index < -0.39 is 32.7 Å². The molecule has 1 fully saturated rings. The highest BCUT2D eigenvalue weighted by atomic mass is 32.2. The van der Waals surface area contributed by atoms with Crippen LogP contribution in [-0.2, 0) is 26.0 Å². The van der Waals surface area contributed by atoms with E-state index in [2.05, 4.69) is 10.0 Å². The predicted molar refractivity (Wildman–Crippen MR) is 103 cm³/mol. The lowest BCUT2D eigenvalue weighted by atomic mass is 10.1. The first-order valence-corrected chi connectivity index (χ1v) is 10.6. The van der Waals surface area contributed by atoms with E-state index in [4.69, 9.17) is 4.74 Å². The Labute approximate surface area is 164 Å². The van der Waals surface area contributed by atoms with E-state index in [1.807, 2.05) is 18.2 Å². The molecule has 8 heteroatoms. The van der Waals surface area contributed by atoms with Gasteiger partial charge in [-0.3, -0.25) is 4.79 Å². The Kier molecular flexibility index (Phi) is 6.77. The van der Waals surface area contributed by atoms with Crippen molar-refractivity contribution in [2.75, 3.05) is 13.2 Å². The largest absolute Gasteiger partial charge is 0.376 e. The smallest absolute Gasteiger partial charge is 0.244 e. The molecule has 2 N–H and O–H groups in total. The molecule has 2 aromatic carbocycles. The van der Waals surface area contributed by atoms with Crippen LogP contribution in [0.1, 0.15) is 18.4 Å². The number of nitrogens with one attached hydrogen (secondary N) is 2. The van der Waals surface area contributed by atoms with Crippen molar-refractivity contribution in [3.05, 3.63) is 66.0 Å². The lowest BCUT2D eigenvalue weighted by Crippen LogP contribution is -2.49. The Morgan fingerprint density at radius 2 is 1.86 bits per heavy atom. The van der Waals surface area contributed by atoms with Gasteiger partial charge in [-0.2, -0.15) is 4.72 Å². The van der Waals surface area contributed by atoms with Crippen molar-refractivity contribution in [2.45, 2.75) is 36.3 Å². The highest BCUT2D eigenvalue weighted by Crippen LogP contribution is 2.15. The molecule has 0 bridgehead atoms. The van der Waals surface area contributed by atoms with Gasteiger partial charge in [-0.05, 0) is 37.0 Å². The highest BCUT2D eigenvalue weighted by molar-refractivity contribution is 7.89. The van der Waals surface area contributed by atoms with Crippen LogP contribution >= 0.6 is 0 Å². The van der Waals surface area contributed by atoms with Gasteiger partial charge in [-0.15, -0.1) is 0 Å². The summed E-state index contributed by atoms with van der Waals surface area (Å²) in [7, 11) is -4.21. The zero-order valence-corrected chi connectivity index (χ0v) is 16.1. The second-order valence-corrected chi connectivity index (χ2v) is 8.36. The van der Waals surface area contributed by atoms with E-state index in [1.54, 1.807) is 12.1 Å². The maximum atomic E-state index is 14.0. The van der Waals surface area contributed by atoms with Gasteiger partial charge in [-0.25, -0.2) is 12.8 Å². The summed E-state index contributed by atoms with van der Waals surface area (Å²) in [5.41, 5.74) is 0.788. The number of halogens is 1. The maximum absolute atomic E-state index is 14.0. The van der Waals surface area contributed by atoms with Crippen molar-refractivity contribution < 1.29 is 22.3 Å². The Hall–Kier alpha value is -2.29. The van der Waals surface area contributed by atoms with Gasteiger partial charge in [-0.1, -0.05) is 42.5 Å². The lowest BCUT2D eigenvalue weighted by Gasteiger charge is -2.20. The van der Waals surface area contributed by atoms with Gasteiger partial charge in [0.1, 0.15) is 16.8 Å². The molecule has 2 atom stereocenters. The van der Waals surface area contributed by atoms with Crippen molar-refractivity contribution in [3.8, 4) is 0 Å². The summed E-state index contributed by atoms with van der Waals surface area (Å²) in [6.07, 6.45) is 1.87. The van der Waals surface area contributed by atoms with Crippen LogP contribution in [0.15, 0.2) is 59.5 Å². The van der Waals surface area contributed by atoms with Gasteiger partial charge >= 0.3 is 0 Å². The molecule has 0 spiro atoms. The second-order valence-electron chi connectivity index (χ2n) is 6.67. The molecule has 150 valence electrons. The van der Waals surface area contributed by atoms with Crippen LogP contribution in [0.25, 0.3) is 0 Å². The van der Waals surface area contributed by atoms with Crippen LogP contribution < -0.4 is 10.0 Å². The van der Waals surface area contributed by atoms with Crippen molar-refractivity contribution in [3.63, 3.8) is 0 Å². The minimum Gasteiger partial charge on any atom is -0.376 e. The summed E-state index contributed by atoms with van der Waals surface area (Å²) in [6.45, 7) is 0.972. The van der Waals surface area contributed by atoms with Gasteiger partial charge in [0, 0.05) is 13.2 Å². The van der Waals surface area contributed by atoms with Crippen molar-refractivity contribution in [1.82, 2.24) is 10.0 Å². The quantitative estimate of drug-likeness (QED) is 0.702. The Morgan fingerprint density at radius 3 is 2.54 bits per heavy atom. The van der Waals surface area contributed by atoms with Crippen LogP contribution in [0.3, 0.4) is 0 Å². The first-order valence-electron chi connectivity index (χ1n) is 9.16. The fraction of sp³-hybridized carbons (Fsp3) is 0.350. The summed E-state index contributed by atoms with van der Waals surface area (Å²) in [4.78, 5) is 12.2. The lowest BCUT2D eigenvalue weighted by molar-refractivity contribution is -0.123. The van der Waals surface area contributed by atoms with E-state index >= 15 is 0 Å². The van der Waals surface area contributed by atoms with E-state index in [0.717, 1.165) is 24.5 Å². The summed E-state index contributed by atoms with van der Waals surface area (Å²) in [6, 6.07) is 13.1. The molecule has 1 saturated heterocycles. The number of hydrogen-bond donors (Lipinski definition) is 2. The molecule has 1 aliphatic rings. The third kappa shape index (κ3) is 5.37. The molecular formula is C20H23FN2O4S. The van der Waals surface area contributed by atoms with Crippen LogP contribution in [0.5, 0.6) is 0 Å². The highest BCUT2D eigenvalue weighted by Gasteiger charge is 2.28. The monoisotopic (exact) mass is 406 g/mol. The molecule has 1 aliphatic heterocycles. The van der Waals surface area contributed by atoms with Gasteiger partial charge in [0.05, 0.1) is 6.10 Å². The SMILES string of the molecule is O=C(NCC1CCCO1)C(Cc1ccccc1)NS(=O)(=O)c1ccccc1F. The zero-order chi connectivity index (χ0) is 20.0. The fourth-order valence-corrected chi connectivity index (χ4v) is 4.37. The second kappa shape index (κ2) is 9.27. The fourth-order valence-electron chi connectivity index (χ4n) is 3.09. The molecule has 0 radical (unpaired) electrons. The number of benzene rings is 2. The zero-order valence-electron chi connectivity index (χ0n) is 15.3. The minimum atomic E-state index is -4.21. The Bertz CT molecular complexity index is 899. The van der Waals surface area contributed by atoms with Gasteiger partial charge in [0.25, 0.3) is 0 Å². The summed E-state index contributed by atoms with van der Waals surface area (Å²) < 4.78 is 47.1. The third-order valence-electron chi connectivity index (χ3n) is 4.55. The summed E-state index contributed by atoms with van der Waals surface area (Å²) in [5, 5.41) is 2.75. The molecule has 1 amide bonds. The standard InChI is InChI=1S/C20H23FN2O4S/c21-17-10-4-5-11-19(17)28(25,26)23-18(13-15-7-2-1-3-8-15)20(24)22-14-16-9-6-12-27-16/h1-5,7-8,10-11,16,18,23H,6,9,12-14H2,(H,22,24). The number of sulfonamides is 1. The van der Waals surface area contributed by atoms with Crippen molar-refractivity contribution in [1.29, 1.82) is 0 Å². The van der Waals surface area contributed by atoms with Crippen LogP contribution in [0, 0.1) is 5.82 Å². The molecule has 3 rings (SSSR count). The van der Waals surface area contributed by atoms with Gasteiger partial charge in [0.15, 0.2) is 0 Å². The first-order chi connectivity index (χ1) is 13.5. The predicted octanol–water partition coefficient (Wildman–Crippen LogP) is 2.01. The van der Waals surface area contributed by atoms with Crippen LogP contribution in [0.4, 0.5) is 4.39 Å². The van der Waals surface area contributed by atoms with Crippen LogP contribution in [-0.4, -0.2) is 39.6 Å². The molecule has 2 unspecified atom stereocenters. The van der Waals surface area contributed by atoms with Gasteiger partial charge < -0.3 is 10.1 Å². The number of carbonyl (C=O) groups is 1. The molecule has 28 heavy (non-hydrogen) atoms. The average molecular weight is 406 g/mol. The molecule has 0 aromatic heterocycles. The molecule has 0 saturated carbocycles. The van der Waals surface area contributed by atoms with E-state index in [9.17, 15) is 17.6 Å². The van der Waals surface area contributed by atoms with Crippen molar-refractivity contribution in [2.24, 2.45) is 0 Å². The van der Waals surface area contributed by atoms with Gasteiger partial charge in [0.2, 0.25) is 15.9 Å². The first kappa shape index (κ1) is 20.4. The number of ether oxygens (including phenoxy) is 1. The number of amides is 1. The molecule has 6 nitrogen and oxygen atoms in total. The number of carbonyl (C=O) groups excluding carboxylic acids is 1. The minimum absolute atomic E-state index is 0.0653. The topological polar surface area (TPSA) is 84.5 Å². The number of hydrogen-bond acceptors (Lipinski definition) is 4. The van der Waals surface area contributed by atoms with E-state index in [1.165, 1.54) is 18.2 Å². The Balaban J connectivity index is 1.76. The number of rotatable bonds is 8. The molecule has 1 heterocycles. The maximum Gasteiger partial charge on any atom is 0.244 e. The molecular weight excluding hydrogens is 383 g/mol. The summed E-state index contributed by atoms with van der Waals surface area (Å²) in [5.74, 6) is -1.34. The normalized spacial score (nSPS) is 18.0.